The highest BCUT2D eigenvalue weighted by Gasteiger charge is 2.20. The van der Waals surface area contributed by atoms with Gasteiger partial charge in [0.1, 0.15) is 11.6 Å². The Morgan fingerprint density at radius 3 is 2.73 bits per heavy atom. The van der Waals surface area contributed by atoms with E-state index in [1.165, 1.54) is 0 Å². The van der Waals surface area contributed by atoms with Crippen LogP contribution in [0.5, 0.6) is 5.75 Å². The number of ether oxygens (including phenoxy) is 1. The standard InChI is InChI=1S/C17H23N3O2/c1-11-6-7-12(2)15(8-11)22-14(4)17(21)20(5)10-16-18-9-13(3)19-16/h6-9,14H,10H2,1-5H3,(H,18,19)/t14-/m1/s1. The fourth-order valence-electron chi connectivity index (χ4n) is 2.24. The first-order valence-electron chi connectivity index (χ1n) is 7.36. The number of carbonyl (C=O) groups is 1. The van der Waals surface area contributed by atoms with Gasteiger partial charge in [-0.25, -0.2) is 4.98 Å². The molecule has 0 fully saturated rings. The first kappa shape index (κ1) is 16.1. The highest BCUT2D eigenvalue weighted by molar-refractivity contribution is 5.80. The van der Waals surface area contributed by atoms with Gasteiger partial charge >= 0.3 is 0 Å². The van der Waals surface area contributed by atoms with E-state index in [0.29, 0.717) is 6.54 Å². The zero-order chi connectivity index (χ0) is 16.3. The minimum Gasteiger partial charge on any atom is -0.481 e. The molecule has 1 amide bonds. The maximum Gasteiger partial charge on any atom is 0.263 e. The third-order valence-corrected chi connectivity index (χ3v) is 3.51. The Kier molecular flexibility index (Phi) is 4.85. The molecule has 0 radical (unpaired) electrons. The quantitative estimate of drug-likeness (QED) is 0.924. The van der Waals surface area contributed by atoms with E-state index in [1.54, 1.807) is 25.1 Å². The van der Waals surface area contributed by atoms with E-state index in [4.69, 9.17) is 4.74 Å². The van der Waals surface area contributed by atoms with Crippen LogP contribution in [-0.2, 0) is 11.3 Å². The summed E-state index contributed by atoms with van der Waals surface area (Å²) in [4.78, 5) is 21.4. The van der Waals surface area contributed by atoms with Crippen LogP contribution < -0.4 is 4.74 Å². The number of imidazole rings is 1. The monoisotopic (exact) mass is 301 g/mol. The normalized spacial score (nSPS) is 12.0. The lowest BCUT2D eigenvalue weighted by atomic mass is 10.1. The molecule has 118 valence electrons. The Morgan fingerprint density at radius 2 is 2.09 bits per heavy atom. The number of carbonyl (C=O) groups excluding carboxylic acids is 1. The average molecular weight is 301 g/mol. The number of aromatic amines is 1. The van der Waals surface area contributed by atoms with Crippen molar-refractivity contribution in [1.82, 2.24) is 14.9 Å². The van der Waals surface area contributed by atoms with Gasteiger partial charge in [-0.1, -0.05) is 12.1 Å². The van der Waals surface area contributed by atoms with E-state index in [1.807, 2.05) is 39.0 Å². The number of hydrogen-bond acceptors (Lipinski definition) is 3. The van der Waals surface area contributed by atoms with Gasteiger partial charge in [-0.15, -0.1) is 0 Å². The molecule has 0 aliphatic carbocycles. The lowest BCUT2D eigenvalue weighted by Crippen LogP contribution is -2.37. The van der Waals surface area contributed by atoms with Crippen LogP contribution in [-0.4, -0.2) is 33.9 Å². The lowest BCUT2D eigenvalue weighted by Gasteiger charge is -2.22. The summed E-state index contributed by atoms with van der Waals surface area (Å²) in [6.45, 7) is 8.12. The fourth-order valence-corrected chi connectivity index (χ4v) is 2.24. The lowest BCUT2D eigenvalue weighted by molar-refractivity contribution is -0.137. The molecule has 0 spiro atoms. The number of benzene rings is 1. The number of aromatic nitrogens is 2. The molecule has 1 aromatic heterocycles. The summed E-state index contributed by atoms with van der Waals surface area (Å²) in [5.74, 6) is 1.45. The third-order valence-electron chi connectivity index (χ3n) is 3.51. The van der Waals surface area contributed by atoms with Gasteiger partial charge in [0.25, 0.3) is 5.91 Å². The SMILES string of the molecule is Cc1ccc(C)c(O[C@H](C)C(=O)N(C)Cc2ncc(C)[nH]2)c1. The maximum absolute atomic E-state index is 12.4. The van der Waals surface area contributed by atoms with Crippen molar-refractivity contribution in [2.45, 2.75) is 40.3 Å². The molecule has 0 unspecified atom stereocenters. The van der Waals surface area contributed by atoms with Crippen LogP contribution in [0.2, 0.25) is 0 Å². The second-order valence-electron chi connectivity index (χ2n) is 5.74. The summed E-state index contributed by atoms with van der Waals surface area (Å²) in [5, 5.41) is 0. The second kappa shape index (κ2) is 6.64. The van der Waals surface area contributed by atoms with Gasteiger partial charge in [0.05, 0.1) is 6.54 Å². The zero-order valence-corrected chi connectivity index (χ0v) is 13.8. The summed E-state index contributed by atoms with van der Waals surface area (Å²) >= 11 is 0. The largest absolute Gasteiger partial charge is 0.481 e. The fraction of sp³-hybridized carbons (Fsp3) is 0.412. The Hall–Kier alpha value is -2.30. The van der Waals surface area contributed by atoms with E-state index in [9.17, 15) is 4.79 Å². The minimum absolute atomic E-state index is 0.0741. The number of nitrogens with one attached hydrogen (secondary N) is 1. The van der Waals surface area contributed by atoms with Crippen molar-refractivity contribution in [3.05, 3.63) is 47.0 Å². The first-order chi connectivity index (χ1) is 10.4. The molecule has 2 aromatic rings. The highest BCUT2D eigenvalue weighted by atomic mass is 16.5. The Balaban J connectivity index is 2.00. The van der Waals surface area contributed by atoms with Crippen LogP contribution in [0, 0.1) is 20.8 Å². The maximum atomic E-state index is 12.4. The van der Waals surface area contributed by atoms with Gasteiger partial charge in [0.15, 0.2) is 6.10 Å². The third kappa shape index (κ3) is 3.87. The number of nitrogens with zero attached hydrogens (tertiary/aromatic N) is 2. The second-order valence-corrected chi connectivity index (χ2v) is 5.74. The smallest absolute Gasteiger partial charge is 0.263 e. The number of aryl methyl sites for hydroxylation is 3. The number of rotatable bonds is 5. The molecular formula is C17H23N3O2. The molecule has 0 bridgehead atoms. The number of hydrogen-bond donors (Lipinski definition) is 1. The van der Waals surface area contributed by atoms with Crippen molar-refractivity contribution in [1.29, 1.82) is 0 Å². The van der Waals surface area contributed by atoms with Crippen molar-refractivity contribution >= 4 is 5.91 Å². The molecule has 1 heterocycles. The number of amides is 1. The molecule has 0 aliphatic heterocycles. The van der Waals surface area contributed by atoms with E-state index in [2.05, 4.69) is 9.97 Å². The molecule has 2 rings (SSSR count). The zero-order valence-electron chi connectivity index (χ0n) is 13.8. The van der Waals surface area contributed by atoms with Gasteiger partial charge in [0.2, 0.25) is 0 Å². The summed E-state index contributed by atoms with van der Waals surface area (Å²) in [5.41, 5.74) is 3.12. The molecule has 5 heteroatoms. The molecule has 1 atom stereocenters. The van der Waals surface area contributed by atoms with Crippen LogP contribution in [0.25, 0.3) is 0 Å². The molecular weight excluding hydrogens is 278 g/mol. The molecule has 0 aliphatic rings. The summed E-state index contributed by atoms with van der Waals surface area (Å²) < 4.78 is 5.83. The van der Waals surface area contributed by atoms with Crippen LogP contribution in [0.1, 0.15) is 29.6 Å². The predicted octanol–water partition coefficient (Wildman–Crippen LogP) is 2.76. The molecule has 0 saturated heterocycles. The molecule has 22 heavy (non-hydrogen) atoms. The number of likely N-dealkylation sites (N-methyl/N-ethyl adjacent to an activating group) is 1. The Morgan fingerprint density at radius 1 is 1.36 bits per heavy atom. The van der Waals surface area contributed by atoms with Crippen molar-refractivity contribution in [2.24, 2.45) is 0 Å². The highest BCUT2D eigenvalue weighted by Crippen LogP contribution is 2.21. The number of H-pyrrole nitrogens is 1. The van der Waals surface area contributed by atoms with Crippen molar-refractivity contribution in [3.63, 3.8) is 0 Å². The molecule has 0 saturated carbocycles. The molecule has 5 nitrogen and oxygen atoms in total. The van der Waals surface area contributed by atoms with E-state index < -0.39 is 6.10 Å². The van der Waals surface area contributed by atoms with Crippen molar-refractivity contribution in [3.8, 4) is 5.75 Å². The minimum atomic E-state index is -0.540. The van der Waals surface area contributed by atoms with Crippen LogP contribution in [0.15, 0.2) is 24.4 Å². The Labute approximate surface area is 131 Å². The van der Waals surface area contributed by atoms with E-state index >= 15 is 0 Å². The molecule has 1 N–H and O–H groups in total. The van der Waals surface area contributed by atoms with Gasteiger partial charge in [-0.05, 0) is 44.9 Å². The van der Waals surface area contributed by atoms with Gasteiger partial charge in [-0.2, -0.15) is 0 Å². The average Bonchev–Trinajstić information content (AvgIpc) is 2.87. The molecule has 1 aromatic carbocycles. The Bertz CT molecular complexity index is 664. The van der Waals surface area contributed by atoms with Crippen LogP contribution in [0.3, 0.4) is 0 Å². The van der Waals surface area contributed by atoms with Gasteiger partial charge < -0.3 is 14.6 Å². The van der Waals surface area contributed by atoms with Crippen LogP contribution in [0.4, 0.5) is 0 Å². The topological polar surface area (TPSA) is 58.2 Å². The first-order valence-corrected chi connectivity index (χ1v) is 7.36. The van der Waals surface area contributed by atoms with Crippen molar-refractivity contribution in [2.75, 3.05) is 7.05 Å². The summed E-state index contributed by atoms with van der Waals surface area (Å²) in [6, 6.07) is 5.98. The predicted molar refractivity (Wildman–Crippen MR) is 85.8 cm³/mol. The van der Waals surface area contributed by atoms with E-state index in [-0.39, 0.29) is 5.91 Å². The van der Waals surface area contributed by atoms with Crippen LogP contribution >= 0.6 is 0 Å². The summed E-state index contributed by atoms with van der Waals surface area (Å²) in [6.07, 6.45) is 1.21. The van der Waals surface area contributed by atoms with Gasteiger partial charge in [-0.3, -0.25) is 4.79 Å². The van der Waals surface area contributed by atoms with Crippen molar-refractivity contribution < 1.29 is 9.53 Å². The summed E-state index contributed by atoms with van der Waals surface area (Å²) in [7, 11) is 1.75. The van der Waals surface area contributed by atoms with Gasteiger partial charge in [0, 0.05) is 18.9 Å². The van der Waals surface area contributed by atoms with E-state index in [0.717, 1.165) is 28.4 Å².